The molecule has 0 saturated heterocycles. The summed E-state index contributed by atoms with van der Waals surface area (Å²) in [5, 5.41) is 15.0. The second-order valence-electron chi connectivity index (χ2n) is 7.14. The number of carbonyl (C=O) groups excluding carboxylic acids is 1. The van der Waals surface area contributed by atoms with Gasteiger partial charge in [-0.05, 0) is 47.0 Å². The molecule has 2 atom stereocenters. The van der Waals surface area contributed by atoms with Crippen molar-refractivity contribution < 1.29 is 14.6 Å². The average molecular weight is 394 g/mol. The van der Waals surface area contributed by atoms with Gasteiger partial charge in [0.25, 0.3) is 0 Å². The Labute approximate surface area is 168 Å². The summed E-state index contributed by atoms with van der Waals surface area (Å²) in [5.74, 6) is 0.0464. The minimum Gasteiger partial charge on any atom is -0.449 e. The largest absolute Gasteiger partial charge is 0.449 e. The Kier molecular flexibility index (Phi) is 5.46. The van der Waals surface area contributed by atoms with Crippen LogP contribution in [0, 0.1) is 0 Å². The Bertz CT molecular complexity index is 908. The lowest BCUT2D eigenvalue weighted by atomic mass is 9.98. The van der Waals surface area contributed by atoms with Gasteiger partial charge in [-0.25, -0.2) is 4.79 Å². The van der Waals surface area contributed by atoms with Crippen molar-refractivity contribution in [2.45, 2.75) is 31.4 Å². The average Bonchev–Trinajstić information content (AvgIpc) is 3.33. The van der Waals surface area contributed by atoms with E-state index >= 15 is 0 Å². The Hall–Kier alpha value is -2.63. The number of carbonyl (C=O) groups is 1. The van der Waals surface area contributed by atoms with E-state index in [9.17, 15) is 9.90 Å². The van der Waals surface area contributed by atoms with Gasteiger partial charge < -0.3 is 15.2 Å². The molecule has 28 heavy (non-hydrogen) atoms. The monoisotopic (exact) mass is 393 g/mol. The summed E-state index contributed by atoms with van der Waals surface area (Å²) in [5.41, 5.74) is 4.80. The van der Waals surface area contributed by atoms with Gasteiger partial charge in [0.15, 0.2) is 0 Å². The van der Waals surface area contributed by atoms with Crippen LogP contribution >= 0.6 is 11.3 Å². The Morgan fingerprint density at radius 3 is 2.32 bits per heavy atom. The van der Waals surface area contributed by atoms with E-state index in [0.717, 1.165) is 4.88 Å². The number of hydrogen-bond donors (Lipinski definition) is 2. The number of nitrogens with one attached hydrogen (secondary N) is 1. The number of benzene rings is 2. The summed E-state index contributed by atoms with van der Waals surface area (Å²) < 4.78 is 5.55. The highest BCUT2D eigenvalue weighted by Gasteiger charge is 2.29. The maximum atomic E-state index is 12.3. The molecule has 0 aliphatic heterocycles. The number of ether oxygens (including phenoxy) is 1. The van der Waals surface area contributed by atoms with Gasteiger partial charge in [-0.15, -0.1) is 11.3 Å². The second kappa shape index (κ2) is 8.17. The van der Waals surface area contributed by atoms with Crippen LogP contribution in [0.4, 0.5) is 4.79 Å². The molecule has 0 bridgehead atoms. The number of rotatable bonds is 6. The van der Waals surface area contributed by atoms with Crippen LogP contribution in [0.3, 0.4) is 0 Å². The van der Waals surface area contributed by atoms with Crippen LogP contribution in [0.25, 0.3) is 11.1 Å². The first-order chi connectivity index (χ1) is 13.6. The molecule has 3 aromatic rings. The molecule has 1 heterocycles. The Morgan fingerprint density at radius 1 is 1.07 bits per heavy atom. The lowest BCUT2D eigenvalue weighted by Crippen LogP contribution is -2.34. The van der Waals surface area contributed by atoms with Gasteiger partial charge in [0.2, 0.25) is 0 Å². The first-order valence-corrected chi connectivity index (χ1v) is 10.3. The molecule has 0 spiro atoms. The number of thiophene rings is 1. The van der Waals surface area contributed by atoms with E-state index in [1.807, 2.05) is 48.7 Å². The van der Waals surface area contributed by atoms with Gasteiger partial charge in [0, 0.05) is 16.8 Å². The maximum Gasteiger partial charge on any atom is 0.407 e. The molecule has 4 nitrogen and oxygen atoms in total. The highest BCUT2D eigenvalue weighted by atomic mass is 32.1. The van der Waals surface area contributed by atoms with E-state index in [1.54, 1.807) is 0 Å². The molecule has 1 aromatic heterocycles. The first kappa shape index (κ1) is 18.7. The molecule has 1 amide bonds. The molecule has 1 aliphatic carbocycles. The molecule has 144 valence electrons. The number of aliphatic hydroxyl groups is 1. The summed E-state index contributed by atoms with van der Waals surface area (Å²) in [4.78, 5) is 13.2. The second-order valence-corrected chi connectivity index (χ2v) is 8.12. The summed E-state index contributed by atoms with van der Waals surface area (Å²) in [7, 11) is 0. The van der Waals surface area contributed by atoms with Crippen molar-refractivity contribution in [3.63, 3.8) is 0 Å². The molecule has 2 N–H and O–H groups in total. The summed E-state index contributed by atoms with van der Waals surface area (Å²) in [6.07, 6.45) is -0.582. The lowest BCUT2D eigenvalue weighted by molar-refractivity contribution is 0.128. The highest BCUT2D eigenvalue weighted by molar-refractivity contribution is 7.10. The number of hydrogen-bond acceptors (Lipinski definition) is 4. The summed E-state index contributed by atoms with van der Waals surface area (Å²) in [6.45, 7) is 2.16. The van der Waals surface area contributed by atoms with E-state index in [2.05, 4.69) is 29.6 Å². The lowest BCUT2D eigenvalue weighted by Gasteiger charge is -2.19. The third kappa shape index (κ3) is 3.81. The maximum absolute atomic E-state index is 12.3. The van der Waals surface area contributed by atoms with E-state index in [0.29, 0.717) is 13.0 Å². The van der Waals surface area contributed by atoms with Gasteiger partial charge >= 0.3 is 6.09 Å². The highest BCUT2D eigenvalue weighted by Crippen LogP contribution is 2.44. The molecule has 5 heteroatoms. The molecule has 2 aromatic carbocycles. The molecular formula is C23H23NO3S. The number of fused-ring (bicyclic) bond motifs is 3. The number of amides is 1. The van der Waals surface area contributed by atoms with Crippen LogP contribution in [-0.4, -0.2) is 23.8 Å². The normalized spacial score (nSPS) is 14.8. The van der Waals surface area contributed by atoms with Crippen LogP contribution in [0.1, 0.15) is 41.4 Å². The molecule has 0 fully saturated rings. The van der Waals surface area contributed by atoms with Crippen molar-refractivity contribution >= 4 is 17.4 Å². The van der Waals surface area contributed by atoms with E-state index in [4.69, 9.17) is 4.74 Å². The smallest absolute Gasteiger partial charge is 0.407 e. The van der Waals surface area contributed by atoms with Crippen LogP contribution < -0.4 is 5.32 Å². The van der Waals surface area contributed by atoms with Crippen molar-refractivity contribution in [3.05, 3.63) is 82.0 Å². The van der Waals surface area contributed by atoms with Gasteiger partial charge in [-0.1, -0.05) is 54.6 Å². The zero-order valence-electron chi connectivity index (χ0n) is 15.7. The fourth-order valence-corrected chi connectivity index (χ4v) is 4.56. The number of alkyl carbamates (subject to hydrolysis) is 1. The predicted molar refractivity (Wildman–Crippen MR) is 112 cm³/mol. The minimum atomic E-state index is -0.580. The fourth-order valence-electron chi connectivity index (χ4n) is 3.83. The Balaban J connectivity index is 1.36. The Morgan fingerprint density at radius 2 is 1.71 bits per heavy atom. The first-order valence-electron chi connectivity index (χ1n) is 9.46. The molecule has 4 rings (SSSR count). The van der Waals surface area contributed by atoms with Crippen molar-refractivity contribution in [1.82, 2.24) is 5.32 Å². The summed E-state index contributed by atoms with van der Waals surface area (Å²) in [6, 6.07) is 20.2. The molecule has 0 saturated carbocycles. The van der Waals surface area contributed by atoms with Crippen LogP contribution in [0.15, 0.2) is 66.0 Å². The van der Waals surface area contributed by atoms with Gasteiger partial charge in [-0.2, -0.15) is 0 Å². The zero-order valence-corrected chi connectivity index (χ0v) is 16.5. The SMILES string of the molecule is CC(CC(O)c1cccs1)NC(=O)OCC1c2ccccc2-c2ccccc21. The van der Waals surface area contributed by atoms with Gasteiger partial charge in [-0.3, -0.25) is 0 Å². The molecule has 1 aliphatic rings. The van der Waals surface area contributed by atoms with Gasteiger partial charge in [0.1, 0.15) is 6.61 Å². The van der Waals surface area contributed by atoms with Crippen molar-refractivity contribution in [1.29, 1.82) is 0 Å². The molecular weight excluding hydrogens is 370 g/mol. The molecule has 2 unspecified atom stereocenters. The zero-order chi connectivity index (χ0) is 19.5. The van der Waals surface area contributed by atoms with Gasteiger partial charge in [0.05, 0.1) is 6.10 Å². The standard InChI is InChI=1S/C23H23NO3S/c1-15(13-21(25)22-11-6-12-28-22)24-23(26)27-14-20-18-9-4-2-7-16(18)17-8-3-5-10-19(17)20/h2-12,15,20-21,25H,13-14H2,1H3,(H,24,26). The number of aliphatic hydroxyl groups excluding tert-OH is 1. The van der Waals surface area contributed by atoms with E-state index in [1.165, 1.54) is 33.6 Å². The van der Waals surface area contributed by atoms with Crippen LogP contribution in [0.2, 0.25) is 0 Å². The third-order valence-corrected chi connectivity index (χ3v) is 6.13. The predicted octanol–water partition coefficient (Wildman–Crippen LogP) is 5.10. The van der Waals surface area contributed by atoms with E-state index < -0.39 is 12.2 Å². The van der Waals surface area contributed by atoms with Crippen molar-refractivity contribution in [2.75, 3.05) is 6.61 Å². The fraction of sp³-hybridized carbons (Fsp3) is 0.261. The van der Waals surface area contributed by atoms with Crippen molar-refractivity contribution in [3.8, 4) is 11.1 Å². The quantitative estimate of drug-likeness (QED) is 0.613. The van der Waals surface area contributed by atoms with Crippen LogP contribution in [0.5, 0.6) is 0 Å². The molecule has 0 radical (unpaired) electrons. The minimum absolute atomic E-state index is 0.0464. The van der Waals surface area contributed by atoms with Crippen molar-refractivity contribution in [2.24, 2.45) is 0 Å². The summed E-state index contributed by atoms with van der Waals surface area (Å²) >= 11 is 1.51. The van der Waals surface area contributed by atoms with Crippen LogP contribution in [-0.2, 0) is 4.74 Å². The topological polar surface area (TPSA) is 58.6 Å². The van der Waals surface area contributed by atoms with E-state index in [-0.39, 0.29) is 12.0 Å². The third-order valence-electron chi connectivity index (χ3n) is 5.16.